The van der Waals surface area contributed by atoms with Crippen molar-refractivity contribution in [2.45, 2.75) is 19.3 Å². The molecule has 0 amide bonds. The van der Waals surface area contributed by atoms with Gasteiger partial charge in [0, 0.05) is 13.0 Å². The summed E-state index contributed by atoms with van der Waals surface area (Å²) in [6.45, 7) is 1.44. The molecule has 1 aromatic carbocycles. The molecule has 0 aliphatic heterocycles. The number of hydrogen-bond donors (Lipinski definition) is 0. The molecule has 0 fully saturated rings. The Morgan fingerprint density at radius 1 is 1.21 bits per heavy atom. The van der Waals surface area contributed by atoms with E-state index in [-0.39, 0.29) is 5.97 Å². The van der Waals surface area contributed by atoms with Gasteiger partial charge in [0.2, 0.25) is 0 Å². The minimum absolute atomic E-state index is 0.130. The van der Waals surface area contributed by atoms with Gasteiger partial charge in [-0.3, -0.25) is 4.79 Å². The zero-order chi connectivity index (χ0) is 14.1. The van der Waals surface area contributed by atoms with E-state index in [0.29, 0.717) is 19.4 Å². The molecular weight excluding hydrogens is 242 g/mol. The zero-order valence-electron chi connectivity index (χ0n) is 12.0. The van der Waals surface area contributed by atoms with Crippen LogP contribution in [-0.2, 0) is 16.0 Å². The Labute approximate surface area is 115 Å². The SMILES string of the molecule is COc1ccc(CCC(=O)OCCCN(C)C)cc1. The predicted molar refractivity (Wildman–Crippen MR) is 75.4 cm³/mol. The average molecular weight is 265 g/mol. The average Bonchev–Trinajstić information content (AvgIpc) is 2.41. The van der Waals surface area contributed by atoms with Gasteiger partial charge in [-0.05, 0) is 44.6 Å². The van der Waals surface area contributed by atoms with Gasteiger partial charge >= 0.3 is 5.97 Å². The second-order valence-corrected chi connectivity index (χ2v) is 4.73. The van der Waals surface area contributed by atoms with Crippen LogP contribution in [0.3, 0.4) is 0 Å². The maximum absolute atomic E-state index is 11.5. The molecule has 0 bridgehead atoms. The molecule has 0 atom stereocenters. The molecule has 0 spiro atoms. The summed E-state index contributed by atoms with van der Waals surface area (Å²) in [6.07, 6.45) is 2.01. The van der Waals surface area contributed by atoms with Crippen LogP contribution >= 0.6 is 0 Å². The van der Waals surface area contributed by atoms with Crippen LogP contribution in [0.15, 0.2) is 24.3 Å². The Hall–Kier alpha value is -1.55. The summed E-state index contributed by atoms with van der Waals surface area (Å²) in [5, 5.41) is 0. The van der Waals surface area contributed by atoms with E-state index < -0.39 is 0 Å². The van der Waals surface area contributed by atoms with Crippen LogP contribution in [0, 0.1) is 0 Å². The molecule has 19 heavy (non-hydrogen) atoms. The number of rotatable bonds is 8. The molecule has 0 heterocycles. The molecule has 4 heteroatoms. The zero-order valence-corrected chi connectivity index (χ0v) is 12.0. The number of aryl methyl sites for hydroxylation is 1. The molecule has 0 saturated carbocycles. The fraction of sp³-hybridized carbons (Fsp3) is 0.533. The van der Waals surface area contributed by atoms with Crippen LogP contribution in [0.4, 0.5) is 0 Å². The molecule has 1 rings (SSSR count). The second-order valence-electron chi connectivity index (χ2n) is 4.73. The molecule has 0 aromatic heterocycles. The summed E-state index contributed by atoms with van der Waals surface area (Å²) < 4.78 is 10.3. The van der Waals surface area contributed by atoms with Crippen LogP contribution in [0.1, 0.15) is 18.4 Å². The number of methoxy groups -OCH3 is 1. The van der Waals surface area contributed by atoms with Crippen LogP contribution in [-0.4, -0.2) is 45.2 Å². The molecule has 0 saturated heterocycles. The fourth-order valence-corrected chi connectivity index (χ4v) is 1.68. The van der Waals surface area contributed by atoms with Crippen LogP contribution in [0.2, 0.25) is 0 Å². The molecule has 4 nitrogen and oxygen atoms in total. The molecule has 106 valence electrons. The van der Waals surface area contributed by atoms with Gasteiger partial charge in [-0.1, -0.05) is 12.1 Å². The van der Waals surface area contributed by atoms with Crippen LogP contribution < -0.4 is 4.74 Å². The van der Waals surface area contributed by atoms with Gasteiger partial charge in [0.15, 0.2) is 0 Å². The number of carbonyl (C=O) groups is 1. The summed E-state index contributed by atoms with van der Waals surface area (Å²) >= 11 is 0. The van der Waals surface area contributed by atoms with E-state index in [1.54, 1.807) is 7.11 Å². The molecule has 0 radical (unpaired) electrons. The molecule has 0 N–H and O–H groups in total. The van der Waals surface area contributed by atoms with E-state index in [1.807, 2.05) is 38.4 Å². The highest BCUT2D eigenvalue weighted by molar-refractivity contribution is 5.69. The van der Waals surface area contributed by atoms with Gasteiger partial charge in [-0.15, -0.1) is 0 Å². The fourth-order valence-electron chi connectivity index (χ4n) is 1.68. The topological polar surface area (TPSA) is 38.8 Å². The maximum atomic E-state index is 11.5. The van der Waals surface area contributed by atoms with E-state index in [9.17, 15) is 4.79 Å². The van der Waals surface area contributed by atoms with Gasteiger partial charge in [-0.25, -0.2) is 0 Å². The van der Waals surface area contributed by atoms with Gasteiger partial charge in [0.05, 0.1) is 13.7 Å². The smallest absolute Gasteiger partial charge is 0.306 e. The Morgan fingerprint density at radius 3 is 2.47 bits per heavy atom. The summed E-state index contributed by atoms with van der Waals surface area (Å²) in [6, 6.07) is 7.74. The lowest BCUT2D eigenvalue weighted by Gasteiger charge is -2.09. The van der Waals surface area contributed by atoms with Crippen molar-refractivity contribution in [3.05, 3.63) is 29.8 Å². The van der Waals surface area contributed by atoms with E-state index in [1.165, 1.54) is 0 Å². The summed E-state index contributed by atoms with van der Waals surface area (Å²) in [7, 11) is 5.65. The largest absolute Gasteiger partial charge is 0.497 e. The van der Waals surface area contributed by atoms with Crippen LogP contribution in [0.25, 0.3) is 0 Å². The third-order valence-corrected chi connectivity index (χ3v) is 2.79. The highest BCUT2D eigenvalue weighted by Crippen LogP contribution is 2.12. The van der Waals surface area contributed by atoms with E-state index >= 15 is 0 Å². The Morgan fingerprint density at radius 2 is 1.89 bits per heavy atom. The summed E-state index contributed by atoms with van der Waals surface area (Å²) in [5.41, 5.74) is 1.12. The van der Waals surface area contributed by atoms with Crippen molar-refractivity contribution in [2.75, 3.05) is 34.4 Å². The van der Waals surface area contributed by atoms with Gasteiger partial charge in [0.25, 0.3) is 0 Å². The lowest BCUT2D eigenvalue weighted by atomic mass is 10.1. The molecule has 0 aliphatic rings. The minimum atomic E-state index is -0.130. The highest BCUT2D eigenvalue weighted by atomic mass is 16.5. The van der Waals surface area contributed by atoms with Gasteiger partial charge in [0.1, 0.15) is 5.75 Å². The van der Waals surface area contributed by atoms with Crippen molar-refractivity contribution in [1.29, 1.82) is 0 Å². The summed E-state index contributed by atoms with van der Waals surface area (Å²) in [4.78, 5) is 13.6. The van der Waals surface area contributed by atoms with E-state index in [2.05, 4.69) is 4.90 Å². The normalized spacial score (nSPS) is 10.5. The molecular formula is C15H23NO3. The Kier molecular flexibility index (Phi) is 6.97. The van der Waals surface area contributed by atoms with E-state index in [0.717, 1.165) is 24.3 Å². The monoisotopic (exact) mass is 265 g/mol. The number of nitrogens with zero attached hydrogens (tertiary/aromatic N) is 1. The third-order valence-electron chi connectivity index (χ3n) is 2.79. The standard InChI is InChI=1S/C15H23NO3/c1-16(2)11-4-12-19-15(17)10-7-13-5-8-14(18-3)9-6-13/h5-6,8-9H,4,7,10-12H2,1-3H3. The van der Waals surface area contributed by atoms with Crippen molar-refractivity contribution in [2.24, 2.45) is 0 Å². The van der Waals surface area contributed by atoms with E-state index in [4.69, 9.17) is 9.47 Å². The number of carbonyl (C=O) groups excluding carboxylic acids is 1. The molecule has 1 aromatic rings. The van der Waals surface area contributed by atoms with Crippen molar-refractivity contribution >= 4 is 5.97 Å². The first kappa shape index (κ1) is 15.5. The molecule has 0 unspecified atom stereocenters. The first-order valence-corrected chi connectivity index (χ1v) is 6.55. The number of hydrogen-bond acceptors (Lipinski definition) is 4. The number of benzene rings is 1. The summed E-state index contributed by atoms with van der Waals surface area (Å²) in [5.74, 6) is 0.699. The predicted octanol–water partition coefficient (Wildman–Crippen LogP) is 2.12. The lowest BCUT2D eigenvalue weighted by molar-refractivity contribution is -0.143. The quantitative estimate of drug-likeness (QED) is 0.533. The third kappa shape index (κ3) is 6.82. The first-order valence-electron chi connectivity index (χ1n) is 6.55. The van der Waals surface area contributed by atoms with Crippen molar-refractivity contribution in [1.82, 2.24) is 4.90 Å². The number of ether oxygens (including phenoxy) is 2. The number of esters is 1. The van der Waals surface area contributed by atoms with Crippen molar-refractivity contribution < 1.29 is 14.3 Å². The second kappa shape index (κ2) is 8.53. The Bertz CT molecular complexity index is 373. The maximum Gasteiger partial charge on any atom is 0.306 e. The van der Waals surface area contributed by atoms with Crippen molar-refractivity contribution in [3.63, 3.8) is 0 Å². The molecule has 0 aliphatic carbocycles. The first-order chi connectivity index (χ1) is 9.11. The van der Waals surface area contributed by atoms with Crippen molar-refractivity contribution in [3.8, 4) is 5.75 Å². The van der Waals surface area contributed by atoms with Gasteiger partial charge in [-0.2, -0.15) is 0 Å². The lowest BCUT2D eigenvalue weighted by Crippen LogP contribution is -2.16. The minimum Gasteiger partial charge on any atom is -0.497 e. The van der Waals surface area contributed by atoms with Gasteiger partial charge < -0.3 is 14.4 Å². The highest BCUT2D eigenvalue weighted by Gasteiger charge is 2.04. The van der Waals surface area contributed by atoms with Crippen LogP contribution in [0.5, 0.6) is 5.75 Å². The Balaban J connectivity index is 2.18.